The normalized spacial score (nSPS) is 10.6. The first kappa shape index (κ1) is 35.8. The van der Waals surface area contributed by atoms with Crippen LogP contribution in [0.5, 0.6) is 69.8 Å². The van der Waals surface area contributed by atoms with Crippen molar-refractivity contribution in [2.45, 2.75) is 12.8 Å². The van der Waals surface area contributed by atoms with Gasteiger partial charge in [-0.25, -0.2) is 0 Å². The van der Waals surface area contributed by atoms with Gasteiger partial charge in [-0.1, -0.05) is 0 Å². The van der Waals surface area contributed by atoms with Crippen LogP contribution in [0, 0.1) is 0 Å². The molecule has 53 heavy (non-hydrogen) atoms. The van der Waals surface area contributed by atoms with Gasteiger partial charge in [0.25, 0.3) is 0 Å². The van der Waals surface area contributed by atoms with Gasteiger partial charge >= 0.3 is 18.0 Å². The van der Waals surface area contributed by atoms with Crippen molar-refractivity contribution in [3.05, 3.63) is 127 Å². The third kappa shape index (κ3) is 11.5. The number of benzene rings is 5. The van der Waals surface area contributed by atoms with Crippen LogP contribution < -0.4 is 33.2 Å². The fourth-order valence-electron chi connectivity index (χ4n) is 4.56. The summed E-state index contributed by atoms with van der Waals surface area (Å²) in [6.45, 7) is 1.79. The molecule has 0 saturated carbocycles. The molecule has 0 fully saturated rings. The lowest BCUT2D eigenvalue weighted by Gasteiger charge is -2.11. The van der Waals surface area contributed by atoms with E-state index in [9.17, 15) is 15.0 Å². The van der Waals surface area contributed by atoms with Gasteiger partial charge in [0.15, 0.2) is 0 Å². The Morgan fingerprint density at radius 1 is 0.396 bits per heavy atom. The third-order valence-corrected chi connectivity index (χ3v) is 7.19. The van der Waals surface area contributed by atoms with E-state index in [0.717, 1.165) is 6.29 Å². The molecule has 6 aromatic rings. The summed E-state index contributed by atoms with van der Waals surface area (Å²) in [7, 11) is 0. The predicted molar refractivity (Wildman–Crippen MR) is 192 cm³/mol. The highest BCUT2D eigenvalue weighted by Crippen LogP contribution is 2.29. The molecule has 0 aliphatic carbocycles. The summed E-state index contributed by atoms with van der Waals surface area (Å²) in [5, 5.41) is 18.8. The average Bonchev–Trinajstić information content (AvgIpc) is 3.17. The highest BCUT2D eigenvalue weighted by Gasteiger charge is 2.14. The van der Waals surface area contributed by atoms with Gasteiger partial charge in [-0.3, -0.25) is 4.79 Å². The maximum atomic E-state index is 11.1. The minimum Gasteiger partial charge on any atom is -0.508 e. The minimum atomic E-state index is -0.0900. The van der Waals surface area contributed by atoms with Crippen LogP contribution in [-0.4, -0.2) is 57.9 Å². The fraction of sp³-hybridized carbons (Fsp3) is 0.150. The van der Waals surface area contributed by atoms with Crippen LogP contribution in [0.15, 0.2) is 121 Å². The Bertz CT molecular complexity index is 1910. The zero-order chi connectivity index (χ0) is 36.7. The molecule has 0 amide bonds. The number of rotatable bonds is 19. The van der Waals surface area contributed by atoms with Crippen molar-refractivity contribution in [1.82, 2.24) is 15.0 Å². The lowest BCUT2D eigenvalue weighted by Crippen LogP contribution is -2.05. The number of aromatic nitrogens is 3. The topological polar surface area (TPSA) is 161 Å². The number of phenols is 2. The van der Waals surface area contributed by atoms with E-state index in [0.29, 0.717) is 85.1 Å². The minimum absolute atomic E-state index is 0.0796. The Kier molecular flexibility index (Phi) is 12.3. The van der Waals surface area contributed by atoms with E-state index < -0.39 is 0 Å². The van der Waals surface area contributed by atoms with E-state index >= 15 is 0 Å². The second kappa shape index (κ2) is 18.3. The van der Waals surface area contributed by atoms with Gasteiger partial charge in [0.1, 0.15) is 58.0 Å². The largest absolute Gasteiger partial charge is 0.508 e. The van der Waals surface area contributed by atoms with Crippen molar-refractivity contribution in [3.63, 3.8) is 0 Å². The maximum Gasteiger partial charge on any atom is 0.331 e. The van der Waals surface area contributed by atoms with Gasteiger partial charge in [-0.15, -0.1) is 15.0 Å². The molecule has 13 nitrogen and oxygen atoms in total. The van der Waals surface area contributed by atoms with E-state index in [-0.39, 0.29) is 29.5 Å². The smallest absolute Gasteiger partial charge is 0.331 e. The zero-order valence-electron chi connectivity index (χ0n) is 28.4. The van der Waals surface area contributed by atoms with Crippen LogP contribution in [-0.2, 0) is 0 Å². The van der Waals surface area contributed by atoms with E-state index in [1.807, 2.05) is 0 Å². The second-order valence-corrected chi connectivity index (χ2v) is 11.2. The zero-order valence-corrected chi connectivity index (χ0v) is 28.4. The quantitative estimate of drug-likeness (QED) is 0.0610. The Balaban J connectivity index is 1.04. The number of ether oxygens (including phenoxy) is 7. The van der Waals surface area contributed by atoms with Gasteiger partial charge in [0.2, 0.25) is 0 Å². The number of carbonyl (C=O) groups is 1. The standard InChI is InChI=1S/C40H35N3O10/c44-27-28-3-9-35(10-4-28)51-38-41-39(52-36-19-15-33(16-20-36)49-25-1-23-47-31-11-5-29(45)6-12-31)43-40(42-38)53-37-21-17-34(18-22-37)50-26-2-24-48-32-13-7-30(46)8-14-32/h3-22,27,45-46H,1-2,23-26H2. The van der Waals surface area contributed by atoms with E-state index in [1.54, 1.807) is 121 Å². The third-order valence-electron chi connectivity index (χ3n) is 7.19. The number of aldehydes is 1. The molecule has 0 spiro atoms. The van der Waals surface area contributed by atoms with Gasteiger partial charge < -0.3 is 43.4 Å². The molecule has 0 radical (unpaired) electrons. The van der Waals surface area contributed by atoms with Crippen molar-refractivity contribution in [2.24, 2.45) is 0 Å². The molecule has 0 bridgehead atoms. The highest BCUT2D eigenvalue weighted by atomic mass is 16.5. The van der Waals surface area contributed by atoms with Gasteiger partial charge in [0.05, 0.1) is 26.4 Å². The number of hydrogen-bond donors (Lipinski definition) is 2. The maximum absolute atomic E-state index is 11.1. The van der Waals surface area contributed by atoms with Gasteiger partial charge in [-0.05, 0) is 121 Å². The van der Waals surface area contributed by atoms with E-state index in [4.69, 9.17) is 33.2 Å². The Hall–Kier alpha value is -7.02. The molecule has 6 rings (SSSR count). The van der Waals surface area contributed by atoms with E-state index in [2.05, 4.69) is 15.0 Å². The molecule has 0 aliphatic rings. The monoisotopic (exact) mass is 717 g/mol. The summed E-state index contributed by atoms with van der Waals surface area (Å²) in [4.78, 5) is 24.0. The number of hydrogen-bond acceptors (Lipinski definition) is 13. The molecule has 0 unspecified atom stereocenters. The number of nitrogens with zero attached hydrogens (tertiary/aromatic N) is 3. The molecule has 13 heteroatoms. The summed E-state index contributed by atoms with van der Waals surface area (Å²) in [5.74, 6) is 4.25. The van der Waals surface area contributed by atoms with Crippen LogP contribution in [0.1, 0.15) is 23.2 Å². The fourth-order valence-corrected chi connectivity index (χ4v) is 4.56. The summed E-state index contributed by atoms with van der Waals surface area (Å²) < 4.78 is 40.7. The lowest BCUT2D eigenvalue weighted by atomic mass is 10.2. The molecule has 5 aromatic carbocycles. The van der Waals surface area contributed by atoms with Gasteiger partial charge in [0, 0.05) is 18.4 Å². The van der Waals surface area contributed by atoms with Crippen molar-refractivity contribution in [1.29, 1.82) is 0 Å². The first-order valence-corrected chi connectivity index (χ1v) is 16.6. The lowest BCUT2D eigenvalue weighted by molar-refractivity contribution is 0.112. The van der Waals surface area contributed by atoms with Crippen molar-refractivity contribution < 1.29 is 48.2 Å². The summed E-state index contributed by atoms with van der Waals surface area (Å²) >= 11 is 0. The Labute approximate surface area is 304 Å². The van der Waals surface area contributed by atoms with Gasteiger partial charge in [-0.2, -0.15) is 0 Å². The number of carbonyl (C=O) groups excluding carboxylic acids is 1. The second-order valence-electron chi connectivity index (χ2n) is 11.2. The first-order valence-electron chi connectivity index (χ1n) is 16.6. The molecule has 1 heterocycles. The first-order chi connectivity index (χ1) is 26.0. The van der Waals surface area contributed by atoms with Crippen molar-refractivity contribution >= 4 is 6.29 Å². The van der Waals surface area contributed by atoms with Crippen LogP contribution in [0.2, 0.25) is 0 Å². The molecule has 0 aliphatic heterocycles. The average molecular weight is 718 g/mol. The number of phenolic OH excluding ortho intramolecular Hbond substituents is 2. The molecule has 0 saturated heterocycles. The summed E-state index contributed by atoms with van der Waals surface area (Å²) in [6, 6.07) is 33.2. The summed E-state index contributed by atoms with van der Waals surface area (Å²) in [6.07, 6.45) is 2.04. The SMILES string of the molecule is O=Cc1ccc(Oc2nc(Oc3ccc(OCCCOc4ccc(O)cc4)cc3)nc(Oc3ccc(OCCCOc4ccc(O)cc4)cc3)n2)cc1. The number of aromatic hydroxyl groups is 2. The van der Waals surface area contributed by atoms with Crippen LogP contribution >= 0.6 is 0 Å². The molecule has 1 aromatic heterocycles. The molecule has 0 atom stereocenters. The van der Waals surface area contributed by atoms with Crippen LogP contribution in [0.4, 0.5) is 0 Å². The van der Waals surface area contributed by atoms with E-state index in [1.165, 1.54) is 0 Å². The Morgan fingerprint density at radius 3 is 0.962 bits per heavy atom. The molecular formula is C40H35N3O10. The van der Waals surface area contributed by atoms with Crippen molar-refractivity contribution in [2.75, 3.05) is 26.4 Å². The molecular weight excluding hydrogens is 682 g/mol. The highest BCUT2D eigenvalue weighted by molar-refractivity contribution is 5.74. The van der Waals surface area contributed by atoms with Crippen LogP contribution in [0.3, 0.4) is 0 Å². The van der Waals surface area contributed by atoms with Crippen molar-refractivity contribution in [3.8, 4) is 69.8 Å². The molecule has 270 valence electrons. The summed E-state index contributed by atoms with van der Waals surface area (Å²) in [5.41, 5.74) is 0.491. The predicted octanol–water partition coefficient (Wildman–Crippen LogP) is 8.17. The molecule has 2 N–H and O–H groups in total. The van der Waals surface area contributed by atoms with Crippen LogP contribution in [0.25, 0.3) is 0 Å². The Morgan fingerprint density at radius 2 is 0.660 bits per heavy atom.